The van der Waals surface area contributed by atoms with Crippen LogP contribution in [-0.2, 0) is 9.59 Å². The van der Waals surface area contributed by atoms with E-state index in [9.17, 15) is 9.59 Å². The van der Waals surface area contributed by atoms with Crippen LogP contribution in [0.5, 0.6) is 0 Å². The molecule has 1 aromatic rings. The van der Waals surface area contributed by atoms with Crippen molar-refractivity contribution in [1.82, 2.24) is 10.2 Å². The first-order chi connectivity index (χ1) is 9.06. The van der Waals surface area contributed by atoms with Gasteiger partial charge in [0.05, 0.1) is 5.92 Å². The number of halogens is 1. The molecule has 6 heteroatoms. The number of benzene rings is 1. The molecular formula is C14H22ClN3O2. The SMILES string of the molecule is CN(C)C(=O)CCNC(=O)C(CN)c1ccccc1.Cl. The molecule has 0 aliphatic heterocycles. The van der Waals surface area contributed by atoms with E-state index in [2.05, 4.69) is 5.32 Å². The summed E-state index contributed by atoms with van der Waals surface area (Å²) in [5, 5.41) is 2.75. The fourth-order valence-electron chi connectivity index (χ4n) is 1.72. The average Bonchev–Trinajstić information content (AvgIpc) is 2.40. The van der Waals surface area contributed by atoms with Crippen LogP contribution in [0.1, 0.15) is 17.9 Å². The van der Waals surface area contributed by atoms with Gasteiger partial charge in [0.1, 0.15) is 0 Å². The van der Waals surface area contributed by atoms with Gasteiger partial charge in [-0.2, -0.15) is 0 Å². The Morgan fingerprint density at radius 2 is 1.85 bits per heavy atom. The molecule has 0 spiro atoms. The van der Waals surface area contributed by atoms with Gasteiger partial charge in [0.25, 0.3) is 0 Å². The Morgan fingerprint density at radius 1 is 1.25 bits per heavy atom. The molecule has 1 rings (SSSR count). The monoisotopic (exact) mass is 299 g/mol. The zero-order valence-corrected chi connectivity index (χ0v) is 12.7. The molecule has 0 heterocycles. The van der Waals surface area contributed by atoms with Gasteiger partial charge in [-0.1, -0.05) is 30.3 Å². The smallest absolute Gasteiger partial charge is 0.228 e. The number of nitrogens with one attached hydrogen (secondary N) is 1. The molecule has 2 amide bonds. The number of hydrogen-bond donors (Lipinski definition) is 2. The fourth-order valence-corrected chi connectivity index (χ4v) is 1.72. The van der Waals surface area contributed by atoms with Crippen molar-refractivity contribution in [3.05, 3.63) is 35.9 Å². The number of carbonyl (C=O) groups excluding carboxylic acids is 2. The third-order valence-electron chi connectivity index (χ3n) is 2.89. The summed E-state index contributed by atoms with van der Waals surface area (Å²) in [5.74, 6) is -0.514. The maximum atomic E-state index is 12.0. The van der Waals surface area contributed by atoms with Crippen molar-refractivity contribution in [3.8, 4) is 0 Å². The molecule has 0 aliphatic rings. The summed E-state index contributed by atoms with van der Waals surface area (Å²) in [6.07, 6.45) is 0.296. The minimum absolute atomic E-state index is 0. The predicted octanol–water partition coefficient (Wildman–Crippen LogP) is 0.745. The van der Waals surface area contributed by atoms with Crippen LogP contribution in [0, 0.1) is 0 Å². The molecular weight excluding hydrogens is 278 g/mol. The van der Waals surface area contributed by atoms with Gasteiger partial charge in [-0.15, -0.1) is 12.4 Å². The van der Waals surface area contributed by atoms with Crippen molar-refractivity contribution in [2.75, 3.05) is 27.2 Å². The average molecular weight is 300 g/mol. The molecule has 112 valence electrons. The Kier molecular flexibility index (Phi) is 8.59. The highest BCUT2D eigenvalue weighted by molar-refractivity contribution is 5.85. The molecule has 3 N–H and O–H groups in total. The molecule has 5 nitrogen and oxygen atoms in total. The van der Waals surface area contributed by atoms with Crippen LogP contribution in [0.2, 0.25) is 0 Å². The predicted molar refractivity (Wildman–Crippen MR) is 81.8 cm³/mol. The number of rotatable bonds is 6. The van der Waals surface area contributed by atoms with Crippen LogP contribution < -0.4 is 11.1 Å². The highest BCUT2D eigenvalue weighted by Crippen LogP contribution is 2.13. The second-order valence-corrected chi connectivity index (χ2v) is 4.53. The van der Waals surface area contributed by atoms with Gasteiger partial charge in [0.15, 0.2) is 0 Å². The summed E-state index contributed by atoms with van der Waals surface area (Å²) in [4.78, 5) is 24.9. The molecule has 0 aliphatic carbocycles. The summed E-state index contributed by atoms with van der Waals surface area (Å²) in [7, 11) is 3.38. The van der Waals surface area contributed by atoms with Crippen molar-refractivity contribution >= 4 is 24.2 Å². The molecule has 20 heavy (non-hydrogen) atoms. The van der Waals surface area contributed by atoms with Crippen molar-refractivity contribution in [1.29, 1.82) is 0 Å². The van der Waals surface area contributed by atoms with Crippen molar-refractivity contribution in [2.24, 2.45) is 5.73 Å². The lowest BCUT2D eigenvalue weighted by atomic mass is 9.98. The molecule has 0 bridgehead atoms. The highest BCUT2D eigenvalue weighted by Gasteiger charge is 2.18. The molecule has 0 aromatic heterocycles. The van der Waals surface area contributed by atoms with Gasteiger partial charge in [-0.05, 0) is 5.56 Å². The van der Waals surface area contributed by atoms with Crippen molar-refractivity contribution < 1.29 is 9.59 Å². The second kappa shape index (κ2) is 9.34. The number of nitrogens with two attached hydrogens (primary N) is 1. The van der Waals surface area contributed by atoms with Crippen LogP contribution in [0.4, 0.5) is 0 Å². The summed E-state index contributed by atoms with van der Waals surface area (Å²) in [5.41, 5.74) is 6.54. The molecule has 1 unspecified atom stereocenters. The molecule has 0 fully saturated rings. The third kappa shape index (κ3) is 5.59. The maximum Gasteiger partial charge on any atom is 0.228 e. The van der Waals surface area contributed by atoms with E-state index >= 15 is 0 Å². The van der Waals surface area contributed by atoms with Gasteiger partial charge >= 0.3 is 0 Å². The van der Waals surface area contributed by atoms with Gasteiger partial charge < -0.3 is 16.0 Å². The van der Waals surface area contributed by atoms with Gasteiger partial charge in [0, 0.05) is 33.6 Å². The van der Waals surface area contributed by atoms with E-state index in [0.717, 1.165) is 5.56 Å². The van der Waals surface area contributed by atoms with E-state index < -0.39 is 0 Å². The van der Waals surface area contributed by atoms with Gasteiger partial charge in [-0.25, -0.2) is 0 Å². The minimum atomic E-state index is -0.365. The first kappa shape index (κ1) is 18.4. The van der Waals surface area contributed by atoms with Gasteiger partial charge in [-0.3, -0.25) is 9.59 Å². The van der Waals surface area contributed by atoms with Crippen LogP contribution in [0.15, 0.2) is 30.3 Å². The summed E-state index contributed by atoms with van der Waals surface area (Å²) in [6.45, 7) is 0.580. The Bertz CT molecular complexity index is 424. The summed E-state index contributed by atoms with van der Waals surface area (Å²) in [6, 6.07) is 9.40. The quantitative estimate of drug-likeness (QED) is 0.814. The molecule has 0 saturated heterocycles. The first-order valence-corrected chi connectivity index (χ1v) is 6.29. The summed E-state index contributed by atoms with van der Waals surface area (Å²) >= 11 is 0. The molecule has 0 saturated carbocycles. The van der Waals surface area contributed by atoms with Gasteiger partial charge in [0.2, 0.25) is 11.8 Å². The zero-order chi connectivity index (χ0) is 14.3. The highest BCUT2D eigenvalue weighted by atomic mass is 35.5. The molecule has 0 radical (unpaired) electrons. The van der Waals surface area contributed by atoms with E-state index in [1.807, 2.05) is 30.3 Å². The standard InChI is InChI=1S/C14H21N3O2.ClH/c1-17(2)13(18)8-9-16-14(19)12(10-15)11-6-4-3-5-7-11;/h3-7,12H,8-10,15H2,1-2H3,(H,16,19);1H. The molecule has 1 atom stereocenters. The summed E-state index contributed by atoms with van der Waals surface area (Å²) < 4.78 is 0. The van der Waals surface area contributed by atoms with Crippen molar-refractivity contribution in [3.63, 3.8) is 0 Å². The number of hydrogen-bond acceptors (Lipinski definition) is 3. The Hall–Kier alpha value is -1.59. The zero-order valence-electron chi connectivity index (χ0n) is 11.8. The van der Waals surface area contributed by atoms with E-state index in [4.69, 9.17) is 5.73 Å². The first-order valence-electron chi connectivity index (χ1n) is 6.29. The van der Waals surface area contributed by atoms with Crippen LogP contribution >= 0.6 is 12.4 Å². The Labute approximate surface area is 125 Å². The van der Waals surface area contributed by atoms with E-state index in [1.54, 1.807) is 14.1 Å². The van der Waals surface area contributed by atoms with Crippen LogP contribution in [0.25, 0.3) is 0 Å². The Morgan fingerprint density at radius 3 is 2.35 bits per heavy atom. The number of carbonyl (C=O) groups is 2. The molecule has 1 aromatic carbocycles. The van der Waals surface area contributed by atoms with E-state index in [0.29, 0.717) is 13.0 Å². The van der Waals surface area contributed by atoms with E-state index in [1.165, 1.54) is 4.90 Å². The largest absolute Gasteiger partial charge is 0.355 e. The lowest BCUT2D eigenvalue weighted by Gasteiger charge is -2.16. The normalized spacial score (nSPS) is 11.2. The van der Waals surface area contributed by atoms with Crippen molar-refractivity contribution in [2.45, 2.75) is 12.3 Å². The second-order valence-electron chi connectivity index (χ2n) is 4.53. The van der Waals surface area contributed by atoms with Crippen LogP contribution in [0.3, 0.4) is 0 Å². The lowest BCUT2D eigenvalue weighted by Crippen LogP contribution is -2.36. The van der Waals surface area contributed by atoms with E-state index in [-0.39, 0.29) is 36.7 Å². The lowest BCUT2D eigenvalue weighted by molar-refractivity contribution is -0.128. The van der Waals surface area contributed by atoms with Crippen LogP contribution in [-0.4, -0.2) is 43.9 Å². The third-order valence-corrected chi connectivity index (χ3v) is 2.89. The Balaban J connectivity index is 0.00000361. The fraction of sp³-hybridized carbons (Fsp3) is 0.429. The number of nitrogens with zero attached hydrogens (tertiary/aromatic N) is 1. The topological polar surface area (TPSA) is 75.4 Å². The minimum Gasteiger partial charge on any atom is -0.355 e. The maximum absolute atomic E-state index is 12.0. The number of amides is 2.